The van der Waals surface area contributed by atoms with Crippen LogP contribution in [0.15, 0.2) is 6.33 Å². The molecule has 106 valence electrons. The molecule has 7 heteroatoms. The number of carbonyl (C=O) groups is 1. The van der Waals surface area contributed by atoms with E-state index < -0.39 is 5.97 Å². The van der Waals surface area contributed by atoms with Gasteiger partial charge in [0.15, 0.2) is 5.69 Å². The van der Waals surface area contributed by atoms with E-state index in [4.69, 9.17) is 10.5 Å². The number of hydrogen-bond donors (Lipinski definition) is 1. The third kappa shape index (κ3) is 3.05. The Morgan fingerprint density at radius 1 is 1.68 bits per heavy atom. The van der Waals surface area contributed by atoms with Crippen molar-refractivity contribution in [2.24, 2.45) is 0 Å². The lowest BCUT2D eigenvalue weighted by atomic mass is 10.2. The normalized spacial score (nSPS) is 20.4. The molecule has 1 aliphatic rings. The van der Waals surface area contributed by atoms with Gasteiger partial charge in [-0.3, -0.25) is 4.90 Å². The zero-order chi connectivity index (χ0) is 13.8. The fourth-order valence-corrected chi connectivity index (χ4v) is 2.19. The Hall–Kier alpha value is -1.60. The minimum absolute atomic E-state index is 0.0655. The summed E-state index contributed by atoms with van der Waals surface area (Å²) in [6.07, 6.45) is 1.62. The van der Waals surface area contributed by atoms with Crippen LogP contribution in [0.1, 0.15) is 17.4 Å². The van der Waals surface area contributed by atoms with E-state index in [0.717, 1.165) is 26.2 Å². The van der Waals surface area contributed by atoms with Crippen LogP contribution >= 0.6 is 0 Å². The van der Waals surface area contributed by atoms with Crippen LogP contribution in [0.25, 0.3) is 0 Å². The number of likely N-dealkylation sites (N-methyl/N-ethyl adjacent to an activating group) is 1. The molecular weight excluding hydrogens is 248 g/mol. The number of nitrogens with two attached hydrogens (primary N) is 1. The first kappa shape index (κ1) is 13.8. The van der Waals surface area contributed by atoms with Gasteiger partial charge in [-0.15, -0.1) is 0 Å². The lowest BCUT2D eigenvalue weighted by molar-refractivity contribution is -0.0340. The van der Waals surface area contributed by atoms with E-state index >= 15 is 0 Å². The molecule has 1 unspecified atom stereocenters. The highest BCUT2D eigenvalue weighted by Crippen LogP contribution is 2.14. The SMILES string of the molecule is CCN1CCOC(Cn2cnc(C(=O)OC)c2N)C1. The van der Waals surface area contributed by atoms with Crippen LogP contribution in [-0.2, 0) is 16.0 Å². The maximum Gasteiger partial charge on any atom is 0.360 e. The van der Waals surface area contributed by atoms with Crippen LogP contribution in [0, 0.1) is 0 Å². The largest absolute Gasteiger partial charge is 0.464 e. The van der Waals surface area contributed by atoms with Gasteiger partial charge in [0, 0.05) is 13.1 Å². The fraction of sp³-hybridized carbons (Fsp3) is 0.667. The predicted molar refractivity (Wildman–Crippen MR) is 69.8 cm³/mol. The molecule has 1 aliphatic heterocycles. The summed E-state index contributed by atoms with van der Waals surface area (Å²) < 4.78 is 12.1. The van der Waals surface area contributed by atoms with Crippen molar-refractivity contribution in [1.82, 2.24) is 14.5 Å². The number of anilines is 1. The molecule has 1 saturated heterocycles. The van der Waals surface area contributed by atoms with Gasteiger partial charge in [-0.05, 0) is 6.54 Å². The monoisotopic (exact) mass is 268 g/mol. The number of morpholine rings is 1. The Balaban J connectivity index is 2.03. The number of hydrogen-bond acceptors (Lipinski definition) is 6. The first-order valence-corrected chi connectivity index (χ1v) is 6.38. The van der Waals surface area contributed by atoms with Gasteiger partial charge >= 0.3 is 5.97 Å². The number of aromatic nitrogens is 2. The summed E-state index contributed by atoms with van der Waals surface area (Å²) in [6, 6.07) is 0. The lowest BCUT2D eigenvalue weighted by Crippen LogP contribution is -2.44. The molecule has 1 fully saturated rings. The number of carbonyl (C=O) groups excluding carboxylic acids is 1. The second-order valence-electron chi connectivity index (χ2n) is 4.51. The summed E-state index contributed by atoms with van der Waals surface area (Å²) >= 11 is 0. The smallest absolute Gasteiger partial charge is 0.360 e. The number of esters is 1. The Morgan fingerprint density at radius 3 is 3.16 bits per heavy atom. The van der Waals surface area contributed by atoms with Crippen molar-refractivity contribution in [3.63, 3.8) is 0 Å². The maximum atomic E-state index is 11.4. The molecule has 0 aromatic carbocycles. The second kappa shape index (κ2) is 6.03. The lowest BCUT2D eigenvalue weighted by Gasteiger charge is -2.32. The highest BCUT2D eigenvalue weighted by Gasteiger charge is 2.22. The number of methoxy groups -OCH3 is 1. The number of rotatable bonds is 4. The molecule has 0 saturated carbocycles. The molecule has 7 nitrogen and oxygen atoms in total. The summed E-state index contributed by atoms with van der Waals surface area (Å²) in [5.74, 6) is -0.194. The molecule has 2 rings (SSSR count). The second-order valence-corrected chi connectivity index (χ2v) is 4.51. The minimum atomic E-state index is -0.518. The molecule has 1 aromatic heterocycles. The van der Waals surface area contributed by atoms with Crippen LogP contribution in [-0.4, -0.2) is 59.9 Å². The van der Waals surface area contributed by atoms with E-state index in [9.17, 15) is 4.79 Å². The van der Waals surface area contributed by atoms with E-state index in [0.29, 0.717) is 12.4 Å². The standard InChI is InChI=1S/C12H20N4O3/c1-3-15-4-5-19-9(6-15)7-16-8-14-10(11(16)13)12(17)18-2/h8-9H,3-7,13H2,1-2H3. The molecule has 0 radical (unpaired) electrons. The van der Waals surface area contributed by atoms with Crippen LogP contribution in [0.2, 0.25) is 0 Å². The maximum absolute atomic E-state index is 11.4. The quantitative estimate of drug-likeness (QED) is 0.772. The first-order valence-electron chi connectivity index (χ1n) is 6.38. The molecule has 0 bridgehead atoms. The molecule has 1 aromatic rings. The van der Waals surface area contributed by atoms with E-state index in [1.165, 1.54) is 7.11 Å². The summed E-state index contributed by atoms with van der Waals surface area (Å²) in [5.41, 5.74) is 6.05. The van der Waals surface area contributed by atoms with E-state index in [1.54, 1.807) is 10.9 Å². The van der Waals surface area contributed by atoms with Crippen molar-refractivity contribution < 1.29 is 14.3 Å². The number of imidazole rings is 1. The van der Waals surface area contributed by atoms with E-state index in [-0.39, 0.29) is 11.8 Å². The van der Waals surface area contributed by atoms with Gasteiger partial charge in [-0.2, -0.15) is 0 Å². The minimum Gasteiger partial charge on any atom is -0.464 e. The molecule has 2 heterocycles. The summed E-state index contributed by atoms with van der Waals surface area (Å²) in [7, 11) is 1.31. The first-order chi connectivity index (χ1) is 9.15. The third-order valence-corrected chi connectivity index (χ3v) is 3.33. The molecule has 0 amide bonds. The molecule has 1 atom stereocenters. The molecule has 0 aliphatic carbocycles. The van der Waals surface area contributed by atoms with Crippen LogP contribution < -0.4 is 5.73 Å². The fourth-order valence-electron chi connectivity index (χ4n) is 2.19. The van der Waals surface area contributed by atoms with Crippen molar-refractivity contribution in [2.45, 2.75) is 19.6 Å². The average molecular weight is 268 g/mol. The molecular formula is C12H20N4O3. The molecule has 0 spiro atoms. The summed E-state index contributed by atoms with van der Waals surface area (Å²) in [4.78, 5) is 17.7. The third-order valence-electron chi connectivity index (χ3n) is 3.33. The van der Waals surface area contributed by atoms with Gasteiger partial charge in [0.25, 0.3) is 0 Å². The number of ether oxygens (including phenoxy) is 2. The Kier molecular flexibility index (Phi) is 4.39. The van der Waals surface area contributed by atoms with Crippen LogP contribution in [0.5, 0.6) is 0 Å². The molecule has 19 heavy (non-hydrogen) atoms. The molecule has 2 N–H and O–H groups in total. The van der Waals surface area contributed by atoms with Gasteiger partial charge in [-0.25, -0.2) is 9.78 Å². The van der Waals surface area contributed by atoms with Crippen molar-refractivity contribution in [1.29, 1.82) is 0 Å². The van der Waals surface area contributed by atoms with Crippen molar-refractivity contribution in [3.05, 3.63) is 12.0 Å². The van der Waals surface area contributed by atoms with Gasteiger partial charge in [0.05, 0.1) is 32.7 Å². The van der Waals surface area contributed by atoms with Crippen molar-refractivity contribution >= 4 is 11.8 Å². The number of nitrogens with zero attached hydrogens (tertiary/aromatic N) is 3. The van der Waals surface area contributed by atoms with Crippen LogP contribution in [0.3, 0.4) is 0 Å². The Bertz CT molecular complexity index is 446. The van der Waals surface area contributed by atoms with E-state index in [1.807, 2.05) is 0 Å². The Morgan fingerprint density at radius 2 is 2.47 bits per heavy atom. The van der Waals surface area contributed by atoms with Crippen molar-refractivity contribution in [2.75, 3.05) is 39.1 Å². The van der Waals surface area contributed by atoms with Gasteiger partial charge in [0.2, 0.25) is 0 Å². The van der Waals surface area contributed by atoms with Crippen molar-refractivity contribution in [3.8, 4) is 0 Å². The zero-order valence-corrected chi connectivity index (χ0v) is 11.3. The predicted octanol–water partition coefficient (Wildman–Crippen LogP) is -0.0274. The average Bonchev–Trinajstić information content (AvgIpc) is 2.80. The topological polar surface area (TPSA) is 82.6 Å². The van der Waals surface area contributed by atoms with Gasteiger partial charge < -0.3 is 19.8 Å². The highest BCUT2D eigenvalue weighted by atomic mass is 16.5. The zero-order valence-electron chi connectivity index (χ0n) is 11.3. The van der Waals surface area contributed by atoms with E-state index in [2.05, 4.69) is 21.5 Å². The Labute approximate surface area is 112 Å². The summed E-state index contributed by atoms with van der Waals surface area (Å²) in [6.45, 7) is 6.26. The highest BCUT2D eigenvalue weighted by molar-refractivity contribution is 5.92. The summed E-state index contributed by atoms with van der Waals surface area (Å²) in [5, 5.41) is 0. The van der Waals surface area contributed by atoms with Gasteiger partial charge in [-0.1, -0.05) is 6.92 Å². The van der Waals surface area contributed by atoms with Crippen LogP contribution in [0.4, 0.5) is 5.82 Å². The van der Waals surface area contributed by atoms with Gasteiger partial charge in [0.1, 0.15) is 5.82 Å². The number of nitrogen functional groups attached to an aromatic ring is 1.